The first kappa shape index (κ1) is 25.3. The normalized spacial score (nSPS) is 12.8. The SMILES string of the molecule is C=CC(=O)NC(C)CCCCCCCCCCC[Si](C)(OCC)OCC. The second-order valence-corrected chi connectivity index (χ2v) is 10.7. The van der Waals surface area contributed by atoms with Crippen molar-refractivity contribution in [2.75, 3.05) is 13.2 Å². The van der Waals surface area contributed by atoms with Gasteiger partial charge in [0.05, 0.1) is 0 Å². The number of amides is 1. The lowest BCUT2D eigenvalue weighted by Crippen LogP contribution is -2.38. The van der Waals surface area contributed by atoms with E-state index in [1.54, 1.807) is 0 Å². The molecule has 0 bridgehead atoms. The maximum atomic E-state index is 11.2. The minimum absolute atomic E-state index is 0.0667. The van der Waals surface area contributed by atoms with Gasteiger partial charge < -0.3 is 14.2 Å². The highest BCUT2D eigenvalue weighted by molar-refractivity contribution is 6.66. The summed E-state index contributed by atoms with van der Waals surface area (Å²) in [6.07, 6.45) is 14.0. The van der Waals surface area contributed by atoms with Crippen molar-refractivity contribution in [3.63, 3.8) is 0 Å². The lowest BCUT2D eigenvalue weighted by molar-refractivity contribution is -0.117. The van der Waals surface area contributed by atoms with Gasteiger partial charge in [0.2, 0.25) is 5.91 Å². The molecule has 0 radical (unpaired) electrons. The van der Waals surface area contributed by atoms with Crippen molar-refractivity contribution in [1.29, 1.82) is 0 Å². The molecule has 1 unspecified atom stereocenters. The van der Waals surface area contributed by atoms with Gasteiger partial charge >= 0.3 is 8.56 Å². The molecule has 5 heteroatoms. The van der Waals surface area contributed by atoms with Gasteiger partial charge in [-0.3, -0.25) is 4.79 Å². The van der Waals surface area contributed by atoms with Gasteiger partial charge in [-0.1, -0.05) is 64.4 Å². The number of hydrogen-bond acceptors (Lipinski definition) is 3. The largest absolute Gasteiger partial charge is 0.395 e. The first-order valence-electron chi connectivity index (χ1n) is 10.7. The molecule has 0 saturated carbocycles. The van der Waals surface area contributed by atoms with Crippen LogP contribution in [0.3, 0.4) is 0 Å². The topological polar surface area (TPSA) is 47.6 Å². The van der Waals surface area contributed by atoms with Gasteiger partial charge in [0, 0.05) is 19.3 Å². The van der Waals surface area contributed by atoms with E-state index in [1.807, 2.05) is 0 Å². The molecule has 0 aliphatic heterocycles. The van der Waals surface area contributed by atoms with E-state index in [1.165, 1.54) is 63.9 Å². The zero-order valence-electron chi connectivity index (χ0n) is 17.8. The number of hydrogen-bond donors (Lipinski definition) is 1. The molecule has 1 atom stereocenters. The summed E-state index contributed by atoms with van der Waals surface area (Å²) in [6, 6.07) is 1.37. The molecule has 0 aromatic carbocycles. The van der Waals surface area contributed by atoms with E-state index in [-0.39, 0.29) is 11.9 Å². The van der Waals surface area contributed by atoms with E-state index in [0.717, 1.165) is 25.7 Å². The highest BCUT2D eigenvalue weighted by Crippen LogP contribution is 2.19. The summed E-state index contributed by atoms with van der Waals surface area (Å²) in [5.41, 5.74) is 0. The average molecular weight is 386 g/mol. The van der Waals surface area contributed by atoms with E-state index in [0.29, 0.717) is 0 Å². The summed E-state index contributed by atoms with van der Waals surface area (Å²) in [5, 5.41) is 2.91. The Morgan fingerprint density at radius 2 is 1.42 bits per heavy atom. The maximum Gasteiger partial charge on any atom is 0.334 e. The molecule has 154 valence electrons. The van der Waals surface area contributed by atoms with Crippen LogP contribution >= 0.6 is 0 Å². The highest BCUT2D eigenvalue weighted by atomic mass is 28.4. The molecule has 0 spiro atoms. The molecule has 26 heavy (non-hydrogen) atoms. The van der Waals surface area contributed by atoms with Crippen molar-refractivity contribution in [2.45, 2.75) is 104 Å². The summed E-state index contributed by atoms with van der Waals surface area (Å²) in [4.78, 5) is 11.2. The number of carbonyl (C=O) groups is 1. The first-order valence-corrected chi connectivity index (χ1v) is 13.2. The van der Waals surface area contributed by atoms with Crippen LogP contribution in [-0.2, 0) is 13.6 Å². The van der Waals surface area contributed by atoms with Crippen LogP contribution in [0.15, 0.2) is 12.7 Å². The zero-order valence-corrected chi connectivity index (χ0v) is 18.8. The number of rotatable bonds is 18. The summed E-state index contributed by atoms with van der Waals surface area (Å²) in [7, 11) is -1.89. The van der Waals surface area contributed by atoms with Crippen molar-refractivity contribution < 1.29 is 13.6 Å². The quantitative estimate of drug-likeness (QED) is 0.186. The second-order valence-electron chi connectivity index (χ2n) is 7.33. The summed E-state index contributed by atoms with van der Waals surface area (Å²) in [6.45, 7) is 13.4. The Bertz CT molecular complexity index is 357. The lowest BCUT2D eigenvalue weighted by Gasteiger charge is -2.25. The van der Waals surface area contributed by atoms with Crippen LogP contribution in [0.2, 0.25) is 12.6 Å². The predicted octanol–water partition coefficient (Wildman–Crippen LogP) is 5.72. The fourth-order valence-corrected chi connectivity index (χ4v) is 5.79. The highest BCUT2D eigenvalue weighted by Gasteiger charge is 2.29. The van der Waals surface area contributed by atoms with E-state index >= 15 is 0 Å². The number of nitrogens with one attached hydrogen (secondary N) is 1. The molecule has 0 aromatic rings. The standard InChI is InChI=1S/C21H43NO3Si/c1-6-21(23)22-20(4)18-16-14-12-10-9-11-13-15-17-19-26(5,24-7-2)25-8-3/h6,20H,1,7-19H2,2-5H3,(H,22,23). The van der Waals surface area contributed by atoms with Gasteiger partial charge in [-0.05, 0) is 45.9 Å². The lowest BCUT2D eigenvalue weighted by atomic mass is 10.0. The monoisotopic (exact) mass is 385 g/mol. The Balaban J connectivity index is 3.46. The van der Waals surface area contributed by atoms with Gasteiger partial charge in [0.1, 0.15) is 0 Å². The Morgan fingerprint density at radius 3 is 1.88 bits per heavy atom. The number of unbranched alkanes of at least 4 members (excludes halogenated alkanes) is 8. The molecule has 1 N–H and O–H groups in total. The van der Waals surface area contributed by atoms with Gasteiger partial charge in [-0.15, -0.1) is 0 Å². The molecule has 1 amide bonds. The molecule has 4 nitrogen and oxygen atoms in total. The van der Waals surface area contributed by atoms with Crippen LogP contribution in [-0.4, -0.2) is 33.7 Å². The molecular formula is C21H43NO3Si. The fraction of sp³-hybridized carbons (Fsp3) is 0.857. The third kappa shape index (κ3) is 14.5. The van der Waals surface area contributed by atoms with E-state index in [9.17, 15) is 4.79 Å². The predicted molar refractivity (Wildman–Crippen MR) is 114 cm³/mol. The van der Waals surface area contributed by atoms with Gasteiger partial charge in [0.25, 0.3) is 0 Å². The molecule has 0 saturated heterocycles. The third-order valence-electron chi connectivity index (χ3n) is 4.74. The van der Waals surface area contributed by atoms with Crippen LogP contribution in [0.1, 0.15) is 85.0 Å². The van der Waals surface area contributed by atoms with E-state index < -0.39 is 8.56 Å². The van der Waals surface area contributed by atoms with Gasteiger partial charge in [-0.25, -0.2) is 0 Å². The Kier molecular flexibility index (Phi) is 16.1. The Labute approximate surface area is 163 Å². The Morgan fingerprint density at radius 1 is 0.962 bits per heavy atom. The summed E-state index contributed by atoms with van der Waals surface area (Å²) in [5.74, 6) is -0.0667. The van der Waals surface area contributed by atoms with Crippen LogP contribution in [0.4, 0.5) is 0 Å². The second kappa shape index (κ2) is 16.5. The molecule has 0 aliphatic carbocycles. The van der Waals surface area contributed by atoms with E-state index in [2.05, 4.69) is 39.2 Å². The molecule has 0 heterocycles. The van der Waals surface area contributed by atoms with Gasteiger partial charge in [-0.2, -0.15) is 0 Å². The number of carbonyl (C=O) groups excluding carboxylic acids is 1. The van der Waals surface area contributed by atoms with Crippen molar-refractivity contribution in [2.24, 2.45) is 0 Å². The van der Waals surface area contributed by atoms with Crippen molar-refractivity contribution >= 4 is 14.5 Å². The van der Waals surface area contributed by atoms with Crippen LogP contribution in [0, 0.1) is 0 Å². The Hall–Kier alpha value is -0.653. The molecule has 0 fully saturated rings. The van der Waals surface area contributed by atoms with Crippen molar-refractivity contribution in [3.8, 4) is 0 Å². The average Bonchev–Trinajstić information content (AvgIpc) is 2.59. The summed E-state index contributed by atoms with van der Waals surface area (Å²) >= 11 is 0. The maximum absolute atomic E-state index is 11.2. The fourth-order valence-electron chi connectivity index (χ4n) is 3.30. The van der Waals surface area contributed by atoms with Crippen molar-refractivity contribution in [1.82, 2.24) is 5.32 Å². The minimum atomic E-state index is -1.89. The van der Waals surface area contributed by atoms with Crippen LogP contribution in [0.5, 0.6) is 0 Å². The first-order chi connectivity index (χ1) is 12.5. The van der Waals surface area contributed by atoms with Gasteiger partial charge in [0.15, 0.2) is 0 Å². The van der Waals surface area contributed by atoms with E-state index in [4.69, 9.17) is 8.85 Å². The molecule has 0 aliphatic rings. The van der Waals surface area contributed by atoms with Crippen LogP contribution in [0.25, 0.3) is 0 Å². The zero-order chi connectivity index (χ0) is 19.7. The smallest absolute Gasteiger partial charge is 0.334 e. The molecular weight excluding hydrogens is 342 g/mol. The molecule has 0 rings (SSSR count). The minimum Gasteiger partial charge on any atom is -0.395 e. The molecule has 0 aromatic heterocycles. The third-order valence-corrected chi connectivity index (χ3v) is 7.80. The van der Waals surface area contributed by atoms with Crippen LogP contribution < -0.4 is 5.32 Å². The van der Waals surface area contributed by atoms with Crippen molar-refractivity contribution in [3.05, 3.63) is 12.7 Å². The summed E-state index contributed by atoms with van der Waals surface area (Å²) < 4.78 is 11.8.